The summed E-state index contributed by atoms with van der Waals surface area (Å²) in [4.78, 5) is 6.70. The zero-order chi connectivity index (χ0) is 10.7. The first-order valence-corrected chi connectivity index (χ1v) is 6.65. The van der Waals surface area contributed by atoms with Gasteiger partial charge in [-0.1, -0.05) is 15.9 Å². The van der Waals surface area contributed by atoms with Crippen molar-refractivity contribution in [3.63, 3.8) is 0 Å². The highest BCUT2D eigenvalue weighted by Gasteiger charge is 2.18. The maximum Gasteiger partial charge on any atom is 0.0399 e. The Morgan fingerprint density at radius 1 is 1.47 bits per heavy atom. The normalized spacial score (nSPS) is 18.1. The Morgan fingerprint density at radius 3 is 2.80 bits per heavy atom. The van der Waals surface area contributed by atoms with Crippen LogP contribution in [0.5, 0.6) is 0 Å². The van der Waals surface area contributed by atoms with E-state index in [-0.39, 0.29) is 0 Å². The van der Waals surface area contributed by atoms with Gasteiger partial charge in [0.25, 0.3) is 0 Å². The number of halogens is 1. The highest BCUT2D eigenvalue weighted by molar-refractivity contribution is 9.09. The second-order valence-corrected chi connectivity index (χ2v) is 4.89. The summed E-state index contributed by atoms with van der Waals surface area (Å²) in [7, 11) is 0. The first-order chi connectivity index (χ1) is 7.29. The van der Waals surface area contributed by atoms with Crippen LogP contribution in [0.4, 0.5) is 5.69 Å². The second-order valence-electron chi connectivity index (χ2n) is 4.24. The first-order valence-electron chi connectivity index (χ1n) is 5.53. The van der Waals surface area contributed by atoms with Crippen LogP contribution in [-0.2, 0) is 0 Å². The van der Waals surface area contributed by atoms with Gasteiger partial charge >= 0.3 is 0 Å². The SMILES string of the molecule is Cc1cc(N2CCC(CBr)CC2)ccn1. The molecule has 3 heteroatoms. The van der Waals surface area contributed by atoms with Gasteiger partial charge in [0.15, 0.2) is 0 Å². The van der Waals surface area contributed by atoms with Crippen LogP contribution in [0.25, 0.3) is 0 Å². The van der Waals surface area contributed by atoms with Gasteiger partial charge in [0.1, 0.15) is 0 Å². The minimum Gasteiger partial charge on any atom is -0.371 e. The number of aryl methyl sites for hydroxylation is 1. The van der Waals surface area contributed by atoms with Crippen LogP contribution in [0.3, 0.4) is 0 Å². The summed E-state index contributed by atoms with van der Waals surface area (Å²) in [5.41, 5.74) is 2.44. The number of rotatable bonds is 2. The van der Waals surface area contributed by atoms with Crippen LogP contribution in [0.1, 0.15) is 18.5 Å². The third-order valence-electron chi connectivity index (χ3n) is 3.08. The van der Waals surface area contributed by atoms with Gasteiger partial charge in [0.05, 0.1) is 0 Å². The van der Waals surface area contributed by atoms with Crippen molar-refractivity contribution in [1.29, 1.82) is 0 Å². The molecule has 1 fully saturated rings. The maximum atomic E-state index is 4.23. The number of alkyl halides is 1. The van der Waals surface area contributed by atoms with Crippen LogP contribution in [0, 0.1) is 12.8 Å². The molecule has 1 aromatic rings. The van der Waals surface area contributed by atoms with Gasteiger partial charge in [0.2, 0.25) is 0 Å². The third kappa shape index (κ3) is 2.71. The number of hydrogen-bond donors (Lipinski definition) is 0. The molecule has 1 aromatic heterocycles. The molecule has 0 amide bonds. The van der Waals surface area contributed by atoms with E-state index >= 15 is 0 Å². The topological polar surface area (TPSA) is 16.1 Å². The summed E-state index contributed by atoms with van der Waals surface area (Å²) >= 11 is 3.57. The van der Waals surface area contributed by atoms with E-state index in [0.29, 0.717) is 0 Å². The quantitative estimate of drug-likeness (QED) is 0.767. The Balaban J connectivity index is 2.01. The van der Waals surface area contributed by atoms with E-state index in [4.69, 9.17) is 0 Å². The number of nitrogens with zero attached hydrogens (tertiary/aromatic N) is 2. The van der Waals surface area contributed by atoms with E-state index in [2.05, 4.69) is 44.9 Å². The predicted molar refractivity (Wildman–Crippen MR) is 67.7 cm³/mol. The zero-order valence-electron chi connectivity index (χ0n) is 9.12. The molecule has 0 bridgehead atoms. The second kappa shape index (κ2) is 4.97. The smallest absolute Gasteiger partial charge is 0.0399 e. The monoisotopic (exact) mass is 268 g/mol. The Labute approximate surface area is 99.8 Å². The highest BCUT2D eigenvalue weighted by Crippen LogP contribution is 2.24. The minimum absolute atomic E-state index is 0.865. The molecule has 1 saturated heterocycles. The molecule has 2 rings (SSSR count). The number of pyridine rings is 1. The minimum atomic E-state index is 0.865. The number of aromatic nitrogens is 1. The summed E-state index contributed by atoms with van der Waals surface area (Å²) < 4.78 is 0. The molecule has 15 heavy (non-hydrogen) atoms. The van der Waals surface area contributed by atoms with Gasteiger partial charge in [-0.3, -0.25) is 4.98 Å². The average molecular weight is 269 g/mol. The van der Waals surface area contributed by atoms with Gasteiger partial charge < -0.3 is 4.90 Å². The van der Waals surface area contributed by atoms with Crippen LogP contribution < -0.4 is 4.90 Å². The van der Waals surface area contributed by atoms with Gasteiger partial charge in [-0.25, -0.2) is 0 Å². The lowest BCUT2D eigenvalue weighted by atomic mass is 9.99. The molecule has 82 valence electrons. The lowest BCUT2D eigenvalue weighted by molar-refractivity contribution is 0.447. The molecule has 0 aromatic carbocycles. The maximum absolute atomic E-state index is 4.23. The van der Waals surface area contributed by atoms with Gasteiger partial charge in [-0.2, -0.15) is 0 Å². The van der Waals surface area contributed by atoms with Crippen molar-refractivity contribution in [1.82, 2.24) is 4.98 Å². The molecule has 0 N–H and O–H groups in total. The molecule has 0 spiro atoms. The van der Waals surface area contributed by atoms with Crippen molar-refractivity contribution in [3.05, 3.63) is 24.0 Å². The first kappa shape index (κ1) is 10.9. The summed E-state index contributed by atoms with van der Waals surface area (Å²) in [5, 5.41) is 1.15. The van der Waals surface area contributed by atoms with E-state index in [9.17, 15) is 0 Å². The van der Waals surface area contributed by atoms with E-state index in [0.717, 1.165) is 16.9 Å². The molecule has 2 heterocycles. The van der Waals surface area contributed by atoms with Crippen LogP contribution >= 0.6 is 15.9 Å². The lowest BCUT2D eigenvalue weighted by Gasteiger charge is -2.32. The summed E-state index contributed by atoms with van der Waals surface area (Å²) in [5.74, 6) is 0.865. The van der Waals surface area contributed by atoms with Crippen molar-refractivity contribution in [3.8, 4) is 0 Å². The number of anilines is 1. The van der Waals surface area contributed by atoms with Gasteiger partial charge in [-0.05, 0) is 37.8 Å². The van der Waals surface area contributed by atoms with Crippen molar-refractivity contribution in [2.24, 2.45) is 5.92 Å². The van der Waals surface area contributed by atoms with Crippen LogP contribution in [0.15, 0.2) is 18.3 Å². The molecular weight excluding hydrogens is 252 g/mol. The van der Waals surface area contributed by atoms with Crippen LogP contribution in [-0.4, -0.2) is 23.4 Å². The highest BCUT2D eigenvalue weighted by atomic mass is 79.9. The molecule has 0 unspecified atom stereocenters. The largest absolute Gasteiger partial charge is 0.371 e. The molecule has 0 saturated carbocycles. The molecule has 0 atom stereocenters. The average Bonchev–Trinajstić information content (AvgIpc) is 2.29. The number of piperidine rings is 1. The van der Waals surface area contributed by atoms with E-state index < -0.39 is 0 Å². The Hall–Kier alpha value is -0.570. The zero-order valence-corrected chi connectivity index (χ0v) is 10.7. The Bertz CT molecular complexity index is 319. The number of hydrogen-bond acceptors (Lipinski definition) is 2. The third-order valence-corrected chi connectivity index (χ3v) is 3.99. The molecule has 0 radical (unpaired) electrons. The van der Waals surface area contributed by atoms with E-state index in [1.807, 2.05) is 6.20 Å². The molecule has 1 aliphatic rings. The molecular formula is C12H17BrN2. The summed E-state index contributed by atoms with van der Waals surface area (Å²) in [6, 6.07) is 4.29. The van der Waals surface area contributed by atoms with E-state index in [1.165, 1.54) is 31.6 Å². The fraction of sp³-hybridized carbons (Fsp3) is 0.583. The molecule has 2 nitrogen and oxygen atoms in total. The standard InChI is InChI=1S/C12H17BrN2/c1-10-8-12(2-5-14-10)15-6-3-11(9-13)4-7-15/h2,5,8,11H,3-4,6-7,9H2,1H3. The van der Waals surface area contributed by atoms with Crippen molar-refractivity contribution in [2.75, 3.05) is 23.3 Å². The van der Waals surface area contributed by atoms with E-state index in [1.54, 1.807) is 0 Å². The fourth-order valence-corrected chi connectivity index (χ4v) is 2.72. The Morgan fingerprint density at radius 2 is 2.20 bits per heavy atom. The molecule has 0 aliphatic carbocycles. The predicted octanol–water partition coefficient (Wildman–Crippen LogP) is 3.00. The van der Waals surface area contributed by atoms with Crippen LogP contribution in [0.2, 0.25) is 0 Å². The van der Waals surface area contributed by atoms with Crippen molar-refractivity contribution >= 4 is 21.6 Å². The lowest BCUT2D eigenvalue weighted by Crippen LogP contribution is -2.34. The van der Waals surface area contributed by atoms with Gasteiger partial charge in [0, 0.05) is 36.0 Å². The van der Waals surface area contributed by atoms with Gasteiger partial charge in [-0.15, -0.1) is 0 Å². The van der Waals surface area contributed by atoms with Crippen molar-refractivity contribution in [2.45, 2.75) is 19.8 Å². The molecule has 1 aliphatic heterocycles. The Kier molecular flexibility index (Phi) is 3.62. The fourth-order valence-electron chi connectivity index (χ4n) is 2.07. The summed E-state index contributed by atoms with van der Waals surface area (Å²) in [6.07, 6.45) is 4.50. The van der Waals surface area contributed by atoms with Crippen molar-refractivity contribution < 1.29 is 0 Å². The summed E-state index contributed by atoms with van der Waals surface area (Å²) in [6.45, 7) is 4.41.